The van der Waals surface area contributed by atoms with Gasteiger partial charge in [0.1, 0.15) is 18.7 Å². The minimum absolute atomic E-state index is 0.0173. The lowest BCUT2D eigenvalue weighted by Crippen LogP contribution is -2.70. The largest absolute Gasteiger partial charge is 0.387 e. The third-order valence-electron chi connectivity index (χ3n) is 5.36. The van der Waals surface area contributed by atoms with E-state index in [0.29, 0.717) is 19.0 Å². The van der Waals surface area contributed by atoms with Gasteiger partial charge in [0.15, 0.2) is 0 Å². The van der Waals surface area contributed by atoms with E-state index in [2.05, 4.69) is 5.32 Å². The highest BCUT2D eigenvalue weighted by Gasteiger charge is 2.44. The molecule has 0 aromatic heterocycles. The number of nitrogens with zero attached hydrogens (tertiary/aromatic N) is 2. The summed E-state index contributed by atoms with van der Waals surface area (Å²) in [6.07, 6.45) is 6.70. The summed E-state index contributed by atoms with van der Waals surface area (Å²) in [5, 5.41) is 11.8. The number of hydrogen-bond donors (Lipinski definition) is 2. The summed E-state index contributed by atoms with van der Waals surface area (Å²) in [7, 11) is 0. The second kappa shape index (κ2) is 6.86. The molecule has 7 nitrogen and oxygen atoms in total. The molecular weight excluding hydrogens is 298 g/mol. The van der Waals surface area contributed by atoms with Crippen molar-refractivity contribution in [2.24, 2.45) is 5.92 Å². The molecule has 0 aromatic carbocycles. The van der Waals surface area contributed by atoms with Crippen LogP contribution in [0, 0.1) is 5.92 Å². The fourth-order valence-electron chi connectivity index (χ4n) is 4.04. The Labute approximate surface area is 136 Å². The smallest absolute Gasteiger partial charge is 0.248 e. The highest BCUT2D eigenvalue weighted by atomic mass is 16.3. The highest BCUT2D eigenvalue weighted by molar-refractivity contribution is 5.97. The summed E-state index contributed by atoms with van der Waals surface area (Å²) in [6, 6.07) is -1.03. The van der Waals surface area contributed by atoms with E-state index in [4.69, 9.17) is 5.11 Å². The average Bonchev–Trinajstić information content (AvgIpc) is 2.59. The minimum Gasteiger partial charge on any atom is -0.387 e. The Morgan fingerprint density at radius 3 is 2.61 bits per heavy atom. The van der Waals surface area contributed by atoms with Gasteiger partial charge >= 0.3 is 0 Å². The monoisotopic (exact) mass is 323 g/mol. The third-order valence-corrected chi connectivity index (χ3v) is 5.36. The first-order valence-corrected chi connectivity index (χ1v) is 8.59. The summed E-state index contributed by atoms with van der Waals surface area (Å²) < 4.78 is 0. The lowest BCUT2D eigenvalue weighted by atomic mass is 9.84. The van der Waals surface area contributed by atoms with Crippen molar-refractivity contribution in [3.63, 3.8) is 0 Å². The lowest BCUT2D eigenvalue weighted by molar-refractivity contribution is -0.156. The molecule has 2 heterocycles. The van der Waals surface area contributed by atoms with Gasteiger partial charge in [-0.25, -0.2) is 0 Å². The molecule has 1 aliphatic carbocycles. The molecule has 7 heteroatoms. The van der Waals surface area contributed by atoms with E-state index in [1.807, 2.05) is 0 Å². The van der Waals surface area contributed by atoms with Crippen LogP contribution in [0.1, 0.15) is 38.5 Å². The minimum atomic E-state index is -0.616. The molecular formula is C16H25N3O4. The number of nitrogens with one attached hydrogen (secondary N) is 1. The van der Waals surface area contributed by atoms with E-state index in [-0.39, 0.29) is 18.4 Å². The van der Waals surface area contributed by atoms with Gasteiger partial charge in [-0.1, -0.05) is 32.1 Å². The molecule has 3 aliphatic rings. The Balaban J connectivity index is 1.64. The second-order valence-corrected chi connectivity index (χ2v) is 6.85. The predicted octanol–water partition coefficient (Wildman–Crippen LogP) is -0.513. The highest BCUT2D eigenvalue weighted by Crippen LogP contribution is 2.29. The second-order valence-electron chi connectivity index (χ2n) is 6.85. The fraction of sp³-hybridized carbons (Fsp3) is 0.812. The van der Waals surface area contributed by atoms with Crippen molar-refractivity contribution in [3.05, 3.63) is 0 Å². The molecule has 0 radical (unpaired) electrons. The van der Waals surface area contributed by atoms with Crippen LogP contribution >= 0.6 is 0 Å². The maximum atomic E-state index is 12.7. The molecule has 2 N–H and O–H groups in total. The van der Waals surface area contributed by atoms with Crippen molar-refractivity contribution in [1.29, 1.82) is 0 Å². The van der Waals surface area contributed by atoms with E-state index < -0.39 is 24.6 Å². The van der Waals surface area contributed by atoms with E-state index >= 15 is 0 Å². The molecule has 3 amide bonds. The van der Waals surface area contributed by atoms with Crippen molar-refractivity contribution >= 4 is 17.7 Å². The number of fused-ring (bicyclic) bond motifs is 1. The van der Waals surface area contributed by atoms with Gasteiger partial charge in [0.25, 0.3) is 0 Å². The van der Waals surface area contributed by atoms with Gasteiger partial charge in [-0.3, -0.25) is 14.4 Å². The summed E-state index contributed by atoms with van der Waals surface area (Å²) in [5.41, 5.74) is 0. The van der Waals surface area contributed by atoms with E-state index in [1.54, 1.807) is 4.90 Å². The molecule has 2 atom stereocenters. The summed E-state index contributed by atoms with van der Waals surface area (Å²) in [6.45, 7) is 0.356. The standard InChI is InChI=1S/C16H25N3O4/c20-10-14(21)18-6-7-19-13(9-18)15(22)17-12(16(19)23)8-11-4-2-1-3-5-11/h11-13,20H,1-10H2,(H,17,22). The van der Waals surface area contributed by atoms with Crippen LogP contribution in [0.4, 0.5) is 0 Å². The maximum Gasteiger partial charge on any atom is 0.248 e. The normalized spacial score (nSPS) is 29.3. The van der Waals surface area contributed by atoms with Gasteiger partial charge in [-0.15, -0.1) is 0 Å². The number of piperazine rings is 2. The molecule has 3 fully saturated rings. The van der Waals surface area contributed by atoms with Crippen LogP contribution in [0.15, 0.2) is 0 Å². The van der Waals surface area contributed by atoms with Crippen molar-refractivity contribution in [1.82, 2.24) is 15.1 Å². The van der Waals surface area contributed by atoms with Crippen LogP contribution in [-0.4, -0.2) is 71.0 Å². The van der Waals surface area contributed by atoms with Gasteiger partial charge in [-0.05, 0) is 12.3 Å². The average molecular weight is 323 g/mol. The van der Waals surface area contributed by atoms with E-state index in [9.17, 15) is 14.4 Å². The van der Waals surface area contributed by atoms with Gasteiger partial charge in [0, 0.05) is 13.1 Å². The molecule has 2 saturated heterocycles. The van der Waals surface area contributed by atoms with Gasteiger partial charge in [-0.2, -0.15) is 0 Å². The van der Waals surface area contributed by atoms with Crippen molar-refractivity contribution in [2.75, 3.05) is 26.2 Å². The molecule has 1 saturated carbocycles. The zero-order valence-corrected chi connectivity index (χ0v) is 13.4. The van der Waals surface area contributed by atoms with Gasteiger partial charge in [0.05, 0.1) is 6.54 Å². The number of carbonyl (C=O) groups is 3. The van der Waals surface area contributed by atoms with Crippen LogP contribution < -0.4 is 5.32 Å². The number of aliphatic hydroxyl groups excluding tert-OH is 1. The Morgan fingerprint density at radius 2 is 1.91 bits per heavy atom. The first kappa shape index (κ1) is 16.2. The molecule has 0 spiro atoms. The van der Waals surface area contributed by atoms with Crippen LogP contribution in [0.3, 0.4) is 0 Å². The number of aliphatic hydroxyl groups is 1. The van der Waals surface area contributed by atoms with E-state index in [0.717, 1.165) is 19.3 Å². The molecule has 2 unspecified atom stereocenters. The van der Waals surface area contributed by atoms with Crippen LogP contribution in [0.25, 0.3) is 0 Å². The number of hydrogen-bond acceptors (Lipinski definition) is 4. The third kappa shape index (κ3) is 3.34. The molecule has 2 aliphatic heterocycles. The SMILES string of the molecule is O=C1NC(CC2CCCCC2)C(=O)N2CCN(C(=O)CO)CC12. The van der Waals surface area contributed by atoms with Crippen molar-refractivity contribution < 1.29 is 19.5 Å². The van der Waals surface area contributed by atoms with Crippen molar-refractivity contribution in [3.8, 4) is 0 Å². The van der Waals surface area contributed by atoms with E-state index in [1.165, 1.54) is 24.2 Å². The number of carbonyl (C=O) groups excluding carboxylic acids is 3. The van der Waals surface area contributed by atoms with Gasteiger partial charge < -0.3 is 20.2 Å². The Kier molecular flexibility index (Phi) is 4.84. The summed E-state index contributed by atoms with van der Waals surface area (Å²) in [5.74, 6) is -0.0712. The summed E-state index contributed by atoms with van der Waals surface area (Å²) >= 11 is 0. The van der Waals surface area contributed by atoms with Crippen LogP contribution in [0.5, 0.6) is 0 Å². The Morgan fingerprint density at radius 1 is 1.17 bits per heavy atom. The van der Waals surface area contributed by atoms with Crippen LogP contribution in [-0.2, 0) is 14.4 Å². The topological polar surface area (TPSA) is 90.0 Å². The molecule has 23 heavy (non-hydrogen) atoms. The fourth-order valence-corrected chi connectivity index (χ4v) is 4.04. The maximum absolute atomic E-state index is 12.7. The molecule has 0 bridgehead atoms. The molecule has 3 rings (SSSR count). The zero-order chi connectivity index (χ0) is 16.4. The molecule has 128 valence electrons. The lowest BCUT2D eigenvalue weighted by Gasteiger charge is -2.45. The number of amides is 3. The molecule has 0 aromatic rings. The van der Waals surface area contributed by atoms with Crippen molar-refractivity contribution in [2.45, 2.75) is 50.6 Å². The predicted molar refractivity (Wildman–Crippen MR) is 82.3 cm³/mol. The van der Waals surface area contributed by atoms with Crippen LogP contribution in [0.2, 0.25) is 0 Å². The Bertz CT molecular complexity index is 490. The Hall–Kier alpha value is -1.63. The zero-order valence-electron chi connectivity index (χ0n) is 13.4. The first-order chi connectivity index (χ1) is 11.1. The summed E-state index contributed by atoms with van der Waals surface area (Å²) in [4.78, 5) is 39.7. The van der Waals surface area contributed by atoms with Gasteiger partial charge in [0.2, 0.25) is 17.7 Å². The quantitative estimate of drug-likeness (QED) is 0.732. The first-order valence-electron chi connectivity index (χ1n) is 8.59. The number of rotatable bonds is 3.